The number of methoxy groups -OCH3 is 1. The molecule has 21 heavy (non-hydrogen) atoms. The molecule has 0 aliphatic carbocycles. The number of hydrogen-bond donors (Lipinski definition) is 2. The average molecular weight is 310 g/mol. The van der Waals surface area contributed by atoms with Gasteiger partial charge in [-0.05, 0) is 23.6 Å². The second-order valence-corrected chi connectivity index (χ2v) is 7.57. The fraction of sp³-hybridized carbons (Fsp3) is 0.467. The van der Waals surface area contributed by atoms with E-state index in [9.17, 15) is 8.42 Å². The first-order valence-electron chi connectivity index (χ1n) is 6.54. The predicted octanol–water partition coefficient (Wildman–Crippen LogP) is 1.79. The average Bonchev–Trinajstić information content (AvgIpc) is 2.33. The molecule has 0 heterocycles. The Labute approximate surface area is 126 Å². The van der Waals surface area contributed by atoms with E-state index in [1.807, 2.05) is 20.8 Å². The molecule has 5 nitrogen and oxygen atoms in total. The van der Waals surface area contributed by atoms with Gasteiger partial charge in [0.05, 0.1) is 25.1 Å². The largest absolute Gasteiger partial charge is 0.495 e. The van der Waals surface area contributed by atoms with E-state index in [0.717, 1.165) is 0 Å². The van der Waals surface area contributed by atoms with E-state index < -0.39 is 10.0 Å². The zero-order chi connectivity index (χ0) is 16.1. The maximum atomic E-state index is 12.2. The van der Waals surface area contributed by atoms with Crippen molar-refractivity contribution in [2.24, 2.45) is 11.1 Å². The lowest BCUT2D eigenvalue weighted by molar-refractivity contribution is 0.416. The third-order valence-electron chi connectivity index (χ3n) is 2.42. The van der Waals surface area contributed by atoms with Gasteiger partial charge < -0.3 is 10.5 Å². The Kier molecular flexibility index (Phi) is 5.64. The highest BCUT2D eigenvalue weighted by Crippen LogP contribution is 2.27. The SMILES string of the molecule is COc1ccc(C#CCN)cc1NS(=O)(=O)CC(C)(C)C. The second-order valence-electron chi connectivity index (χ2n) is 5.84. The minimum atomic E-state index is -3.47. The maximum Gasteiger partial charge on any atom is 0.233 e. The Hall–Kier alpha value is -1.71. The van der Waals surface area contributed by atoms with E-state index in [4.69, 9.17) is 10.5 Å². The summed E-state index contributed by atoms with van der Waals surface area (Å²) in [4.78, 5) is 0. The molecule has 1 aromatic rings. The fourth-order valence-electron chi connectivity index (χ4n) is 1.79. The van der Waals surface area contributed by atoms with E-state index in [1.165, 1.54) is 7.11 Å². The zero-order valence-electron chi connectivity index (χ0n) is 12.9. The molecule has 116 valence electrons. The van der Waals surface area contributed by atoms with Crippen molar-refractivity contribution in [2.45, 2.75) is 20.8 Å². The molecular weight excluding hydrogens is 288 g/mol. The van der Waals surface area contributed by atoms with Crippen LogP contribution in [-0.4, -0.2) is 27.8 Å². The lowest BCUT2D eigenvalue weighted by atomic mass is 10.0. The summed E-state index contributed by atoms with van der Waals surface area (Å²) < 4.78 is 32.1. The van der Waals surface area contributed by atoms with Crippen LogP contribution >= 0.6 is 0 Å². The van der Waals surface area contributed by atoms with Gasteiger partial charge in [-0.1, -0.05) is 32.6 Å². The number of rotatable bonds is 4. The molecule has 0 aliphatic rings. The third-order valence-corrected chi connectivity index (χ3v) is 4.20. The predicted molar refractivity (Wildman–Crippen MR) is 85.8 cm³/mol. The van der Waals surface area contributed by atoms with Crippen LogP contribution in [0.1, 0.15) is 26.3 Å². The summed E-state index contributed by atoms with van der Waals surface area (Å²) >= 11 is 0. The molecule has 1 aromatic carbocycles. The highest BCUT2D eigenvalue weighted by atomic mass is 32.2. The van der Waals surface area contributed by atoms with Crippen molar-refractivity contribution in [3.05, 3.63) is 23.8 Å². The molecule has 1 rings (SSSR count). The number of sulfonamides is 1. The molecule has 0 unspecified atom stereocenters. The zero-order valence-corrected chi connectivity index (χ0v) is 13.7. The Bertz CT molecular complexity index is 650. The normalized spacial score (nSPS) is 11.5. The molecular formula is C15H22N2O3S. The van der Waals surface area contributed by atoms with Crippen molar-refractivity contribution in [1.29, 1.82) is 0 Å². The van der Waals surface area contributed by atoms with Gasteiger partial charge in [0.25, 0.3) is 0 Å². The van der Waals surface area contributed by atoms with Crippen molar-refractivity contribution in [3.8, 4) is 17.6 Å². The van der Waals surface area contributed by atoms with Crippen molar-refractivity contribution in [1.82, 2.24) is 0 Å². The highest BCUT2D eigenvalue weighted by Gasteiger charge is 2.22. The van der Waals surface area contributed by atoms with Gasteiger partial charge in [0.2, 0.25) is 10.0 Å². The number of nitrogens with two attached hydrogens (primary N) is 1. The number of anilines is 1. The lowest BCUT2D eigenvalue weighted by Gasteiger charge is -2.19. The molecule has 6 heteroatoms. The minimum Gasteiger partial charge on any atom is -0.495 e. The summed E-state index contributed by atoms with van der Waals surface area (Å²) in [5.74, 6) is 6.06. The topological polar surface area (TPSA) is 81.4 Å². The molecule has 0 spiro atoms. The van der Waals surface area contributed by atoms with Crippen molar-refractivity contribution < 1.29 is 13.2 Å². The number of hydrogen-bond acceptors (Lipinski definition) is 4. The van der Waals surface area contributed by atoms with Gasteiger partial charge in [0.15, 0.2) is 0 Å². The Morgan fingerprint density at radius 3 is 2.52 bits per heavy atom. The van der Waals surface area contributed by atoms with Crippen LogP contribution in [0.15, 0.2) is 18.2 Å². The molecule has 0 bridgehead atoms. The summed E-state index contributed by atoms with van der Waals surface area (Å²) in [6, 6.07) is 5.07. The van der Waals surface area contributed by atoms with Gasteiger partial charge >= 0.3 is 0 Å². The minimum absolute atomic E-state index is 0.0157. The first-order chi connectivity index (χ1) is 9.67. The Balaban J connectivity index is 3.10. The molecule has 0 fully saturated rings. The molecule has 0 saturated heterocycles. The van der Waals surface area contributed by atoms with Crippen molar-refractivity contribution in [2.75, 3.05) is 24.1 Å². The maximum absolute atomic E-state index is 12.2. The summed E-state index contributed by atoms with van der Waals surface area (Å²) in [6.45, 7) is 5.85. The number of benzene rings is 1. The molecule has 0 amide bonds. The van der Waals surface area contributed by atoms with E-state index in [2.05, 4.69) is 16.6 Å². The molecule has 0 saturated carbocycles. The van der Waals surface area contributed by atoms with Crippen LogP contribution in [0.4, 0.5) is 5.69 Å². The molecule has 0 aromatic heterocycles. The number of nitrogens with one attached hydrogen (secondary N) is 1. The van der Waals surface area contributed by atoms with Crippen LogP contribution < -0.4 is 15.2 Å². The number of ether oxygens (including phenoxy) is 1. The van der Waals surface area contributed by atoms with Crippen LogP contribution in [0.25, 0.3) is 0 Å². The van der Waals surface area contributed by atoms with Crippen LogP contribution in [0.3, 0.4) is 0 Å². The van der Waals surface area contributed by atoms with E-state index >= 15 is 0 Å². The molecule has 0 aliphatic heterocycles. The molecule has 3 N–H and O–H groups in total. The molecule has 0 atom stereocenters. The van der Waals surface area contributed by atoms with Gasteiger partial charge in [-0.3, -0.25) is 4.72 Å². The van der Waals surface area contributed by atoms with E-state index in [1.54, 1.807) is 18.2 Å². The fourth-order valence-corrected chi connectivity index (χ4v) is 3.50. The Morgan fingerprint density at radius 1 is 1.33 bits per heavy atom. The first kappa shape index (κ1) is 17.3. The second kappa shape index (κ2) is 6.83. The van der Waals surface area contributed by atoms with Crippen LogP contribution in [0, 0.1) is 17.3 Å². The van der Waals surface area contributed by atoms with Crippen molar-refractivity contribution in [3.63, 3.8) is 0 Å². The van der Waals surface area contributed by atoms with Crippen LogP contribution in [0.5, 0.6) is 5.75 Å². The van der Waals surface area contributed by atoms with Gasteiger partial charge in [-0.15, -0.1) is 0 Å². The molecule has 0 radical (unpaired) electrons. The van der Waals surface area contributed by atoms with E-state index in [-0.39, 0.29) is 17.7 Å². The van der Waals surface area contributed by atoms with Gasteiger partial charge in [0.1, 0.15) is 5.75 Å². The monoisotopic (exact) mass is 310 g/mol. The van der Waals surface area contributed by atoms with Gasteiger partial charge in [-0.2, -0.15) is 0 Å². The summed E-state index contributed by atoms with van der Waals surface area (Å²) in [5, 5.41) is 0. The summed E-state index contributed by atoms with van der Waals surface area (Å²) in [7, 11) is -1.98. The smallest absolute Gasteiger partial charge is 0.233 e. The third kappa shape index (κ3) is 6.06. The van der Waals surface area contributed by atoms with Gasteiger partial charge in [0, 0.05) is 5.56 Å². The standard InChI is InChI=1S/C15H22N2O3S/c1-15(2,3)11-21(18,19)17-13-10-12(6-5-9-16)7-8-14(13)20-4/h7-8,10,17H,9,11,16H2,1-4H3. The summed E-state index contributed by atoms with van der Waals surface area (Å²) in [6.07, 6.45) is 0. The van der Waals surface area contributed by atoms with Gasteiger partial charge in [-0.25, -0.2) is 8.42 Å². The summed E-state index contributed by atoms with van der Waals surface area (Å²) in [5.41, 5.74) is 6.05. The quantitative estimate of drug-likeness (QED) is 0.831. The lowest BCUT2D eigenvalue weighted by Crippen LogP contribution is -2.26. The first-order valence-corrected chi connectivity index (χ1v) is 8.19. The Morgan fingerprint density at radius 2 is 2.00 bits per heavy atom. The van der Waals surface area contributed by atoms with E-state index in [0.29, 0.717) is 17.0 Å². The van der Waals surface area contributed by atoms with Crippen LogP contribution in [0.2, 0.25) is 0 Å². The highest BCUT2D eigenvalue weighted by molar-refractivity contribution is 7.92. The van der Waals surface area contributed by atoms with Crippen LogP contribution in [-0.2, 0) is 10.0 Å². The van der Waals surface area contributed by atoms with Crippen molar-refractivity contribution >= 4 is 15.7 Å².